The van der Waals surface area contributed by atoms with Crippen LogP contribution >= 0.6 is 44.5 Å². The summed E-state index contributed by atoms with van der Waals surface area (Å²) in [6.07, 6.45) is 3.35. The predicted octanol–water partition coefficient (Wildman–Crippen LogP) is 4.63. The molecule has 2 rings (SSSR count). The summed E-state index contributed by atoms with van der Waals surface area (Å²) < 4.78 is 0. The molecule has 1 aromatic carbocycles. The predicted molar refractivity (Wildman–Crippen MR) is 82.0 cm³/mol. The first-order chi connectivity index (χ1) is 8.18. The lowest BCUT2D eigenvalue weighted by molar-refractivity contribution is 0.0991. The number of alkyl halides is 1. The van der Waals surface area contributed by atoms with Crippen LogP contribution in [0.3, 0.4) is 0 Å². The van der Waals surface area contributed by atoms with E-state index in [1.165, 1.54) is 0 Å². The van der Waals surface area contributed by atoms with Gasteiger partial charge in [0.1, 0.15) is 4.83 Å². The molecule has 18 heavy (non-hydrogen) atoms. The number of hydrogen-bond acceptors (Lipinski definition) is 2. The Kier molecular flexibility index (Phi) is 5.99. The van der Waals surface area contributed by atoms with Crippen LogP contribution in [0.2, 0.25) is 5.02 Å². The van der Waals surface area contributed by atoms with E-state index < -0.39 is 0 Å². The van der Waals surface area contributed by atoms with Gasteiger partial charge in [0, 0.05) is 23.0 Å². The van der Waals surface area contributed by atoms with E-state index >= 15 is 0 Å². The molecule has 0 amide bonds. The van der Waals surface area contributed by atoms with Crippen molar-refractivity contribution in [3.8, 4) is 0 Å². The van der Waals surface area contributed by atoms with Gasteiger partial charge in [-0.2, -0.15) is 0 Å². The number of hydrogen-bond donors (Lipinski definition) is 0. The van der Waals surface area contributed by atoms with Crippen LogP contribution in [0.5, 0.6) is 0 Å². The van der Waals surface area contributed by atoms with E-state index in [1.807, 2.05) is 6.07 Å². The third kappa shape index (κ3) is 3.64. The van der Waals surface area contributed by atoms with Crippen molar-refractivity contribution in [1.29, 1.82) is 0 Å². The van der Waals surface area contributed by atoms with E-state index in [4.69, 9.17) is 11.6 Å². The van der Waals surface area contributed by atoms with E-state index in [-0.39, 0.29) is 27.6 Å². The second kappa shape index (κ2) is 7.02. The largest absolute Gasteiger partial charge is 0.293 e. The molecule has 2 nitrogen and oxygen atoms in total. The van der Waals surface area contributed by atoms with Crippen LogP contribution in [0.1, 0.15) is 20.7 Å². The number of carbonyl (C=O) groups excluding carboxylic acids is 1. The van der Waals surface area contributed by atoms with Crippen LogP contribution in [-0.2, 0) is 0 Å². The molecule has 1 unspecified atom stereocenters. The number of benzene rings is 1. The zero-order valence-electron chi connectivity index (χ0n) is 9.22. The van der Waals surface area contributed by atoms with Gasteiger partial charge in [0.05, 0.1) is 0 Å². The average Bonchev–Trinajstić information content (AvgIpc) is 2.39. The van der Waals surface area contributed by atoms with Gasteiger partial charge in [-0.25, -0.2) is 0 Å². The number of pyridine rings is 1. The van der Waals surface area contributed by atoms with E-state index in [9.17, 15) is 4.79 Å². The molecular formula is C13H10Br2ClNO. The second-order valence-electron chi connectivity index (χ2n) is 3.52. The summed E-state index contributed by atoms with van der Waals surface area (Å²) in [5.41, 5.74) is 1.47. The molecule has 0 aliphatic heterocycles. The van der Waals surface area contributed by atoms with Gasteiger partial charge >= 0.3 is 0 Å². The Morgan fingerprint density at radius 2 is 1.89 bits per heavy atom. The van der Waals surface area contributed by atoms with E-state index in [2.05, 4.69) is 20.9 Å². The first-order valence-electron chi connectivity index (χ1n) is 5.02. The molecule has 1 atom stereocenters. The number of aromatic nitrogens is 1. The Hall–Kier alpha value is -0.710. The van der Waals surface area contributed by atoms with Gasteiger partial charge < -0.3 is 0 Å². The zero-order chi connectivity index (χ0) is 12.3. The number of halogens is 3. The van der Waals surface area contributed by atoms with Crippen LogP contribution in [0.4, 0.5) is 0 Å². The Bertz CT molecular complexity index is 516. The topological polar surface area (TPSA) is 30.0 Å². The SMILES string of the molecule is Br.O=C(c1ccc(Cl)cc1)C(Br)c1cccnc1. The maximum atomic E-state index is 12.1. The van der Waals surface area contributed by atoms with Crippen molar-refractivity contribution in [3.63, 3.8) is 0 Å². The van der Waals surface area contributed by atoms with Gasteiger partial charge in [0.25, 0.3) is 0 Å². The summed E-state index contributed by atoms with van der Waals surface area (Å²) in [6.45, 7) is 0. The Labute approximate surface area is 129 Å². The maximum Gasteiger partial charge on any atom is 0.180 e. The normalized spacial score (nSPS) is 11.4. The van der Waals surface area contributed by atoms with Crippen LogP contribution < -0.4 is 0 Å². The first kappa shape index (κ1) is 15.3. The van der Waals surface area contributed by atoms with Gasteiger partial charge in [0.2, 0.25) is 0 Å². The van der Waals surface area contributed by atoms with Crippen molar-refractivity contribution < 1.29 is 4.79 Å². The maximum absolute atomic E-state index is 12.1. The average molecular weight is 391 g/mol. The highest BCUT2D eigenvalue weighted by Gasteiger charge is 2.18. The lowest BCUT2D eigenvalue weighted by Crippen LogP contribution is -2.07. The molecule has 94 valence electrons. The number of nitrogens with zero attached hydrogens (tertiary/aromatic N) is 1. The van der Waals surface area contributed by atoms with Crippen molar-refractivity contribution in [2.24, 2.45) is 0 Å². The molecule has 0 saturated heterocycles. The van der Waals surface area contributed by atoms with Gasteiger partial charge in [0.15, 0.2) is 5.78 Å². The number of carbonyl (C=O) groups is 1. The van der Waals surface area contributed by atoms with Crippen molar-refractivity contribution in [3.05, 3.63) is 64.9 Å². The lowest BCUT2D eigenvalue weighted by Gasteiger charge is -2.08. The summed E-state index contributed by atoms with van der Waals surface area (Å²) in [5, 5.41) is 0.619. The summed E-state index contributed by atoms with van der Waals surface area (Å²) in [4.78, 5) is 15.8. The molecule has 0 N–H and O–H groups in total. The number of rotatable bonds is 3. The van der Waals surface area contributed by atoms with Gasteiger partial charge in [-0.1, -0.05) is 33.6 Å². The summed E-state index contributed by atoms with van der Waals surface area (Å²) in [5.74, 6) is -0.00494. The molecule has 0 bridgehead atoms. The molecule has 0 aliphatic carbocycles. The first-order valence-corrected chi connectivity index (χ1v) is 6.31. The quantitative estimate of drug-likeness (QED) is 0.564. The highest BCUT2D eigenvalue weighted by Crippen LogP contribution is 2.26. The molecule has 0 spiro atoms. The Morgan fingerprint density at radius 3 is 2.44 bits per heavy atom. The summed E-state index contributed by atoms with van der Waals surface area (Å²) in [6, 6.07) is 10.5. The minimum Gasteiger partial charge on any atom is -0.293 e. The fraction of sp³-hybridized carbons (Fsp3) is 0.0769. The number of Topliss-reactive ketones (excluding diaryl/α,β-unsaturated/α-hetero) is 1. The number of ketones is 1. The molecule has 0 fully saturated rings. The molecule has 5 heteroatoms. The molecular weight excluding hydrogens is 381 g/mol. The molecule has 0 radical (unpaired) electrons. The van der Waals surface area contributed by atoms with Crippen molar-refractivity contribution in [2.75, 3.05) is 0 Å². The van der Waals surface area contributed by atoms with Crippen LogP contribution in [-0.4, -0.2) is 10.8 Å². The Morgan fingerprint density at radius 1 is 1.22 bits per heavy atom. The summed E-state index contributed by atoms with van der Waals surface area (Å²) in [7, 11) is 0. The third-order valence-corrected chi connectivity index (χ3v) is 3.53. The molecule has 0 saturated carbocycles. The minimum absolute atomic E-state index is 0. The van der Waals surface area contributed by atoms with Gasteiger partial charge in [-0.3, -0.25) is 9.78 Å². The fourth-order valence-corrected chi connectivity index (χ4v) is 2.10. The molecule has 0 aliphatic rings. The second-order valence-corrected chi connectivity index (χ2v) is 4.87. The smallest absolute Gasteiger partial charge is 0.180 e. The lowest BCUT2D eigenvalue weighted by atomic mass is 10.0. The highest BCUT2D eigenvalue weighted by atomic mass is 79.9. The fourth-order valence-electron chi connectivity index (χ4n) is 1.44. The van der Waals surface area contributed by atoms with E-state index in [0.717, 1.165) is 5.56 Å². The van der Waals surface area contributed by atoms with Crippen LogP contribution in [0, 0.1) is 0 Å². The standard InChI is InChI=1S/C13H9BrClNO.BrH/c14-12(10-2-1-7-16-8-10)13(17)9-3-5-11(15)6-4-9;/h1-8,12H;1H. The summed E-state index contributed by atoms with van der Waals surface area (Å²) >= 11 is 9.16. The Balaban J connectivity index is 0.00000162. The van der Waals surface area contributed by atoms with Crippen molar-refractivity contribution in [2.45, 2.75) is 4.83 Å². The highest BCUT2D eigenvalue weighted by molar-refractivity contribution is 9.09. The van der Waals surface area contributed by atoms with Gasteiger partial charge in [-0.05, 0) is 35.9 Å². The minimum atomic E-state index is -0.377. The van der Waals surface area contributed by atoms with Crippen LogP contribution in [0.25, 0.3) is 0 Å². The van der Waals surface area contributed by atoms with Crippen molar-refractivity contribution >= 4 is 50.3 Å². The zero-order valence-corrected chi connectivity index (χ0v) is 13.3. The third-order valence-electron chi connectivity index (χ3n) is 2.34. The van der Waals surface area contributed by atoms with E-state index in [1.54, 1.807) is 42.7 Å². The molecule has 1 aromatic heterocycles. The molecule has 2 aromatic rings. The molecule has 1 heterocycles. The monoisotopic (exact) mass is 389 g/mol. The van der Waals surface area contributed by atoms with E-state index in [0.29, 0.717) is 10.6 Å². The van der Waals surface area contributed by atoms with Crippen molar-refractivity contribution in [1.82, 2.24) is 4.98 Å². The van der Waals surface area contributed by atoms with Crippen LogP contribution in [0.15, 0.2) is 48.8 Å². The van der Waals surface area contributed by atoms with Gasteiger partial charge in [-0.15, -0.1) is 17.0 Å².